The van der Waals surface area contributed by atoms with Crippen LogP contribution in [0.5, 0.6) is 0 Å². The molecule has 0 N–H and O–H groups in total. The van der Waals surface area contributed by atoms with Gasteiger partial charge in [0.25, 0.3) is 5.91 Å². The minimum absolute atomic E-state index is 0.146. The molecule has 0 radical (unpaired) electrons. The molecule has 1 fully saturated rings. The van der Waals surface area contributed by atoms with Crippen molar-refractivity contribution >= 4 is 5.91 Å². The van der Waals surface area contributed by atoms with E-state index in [-0.39, 0.29) is 5.91 Å². The van der Waals surface area contributed by atoms with Gasteiger partial charge in [-0.1, -0.05) is 18.2 Å². The fourth-order valence-electron chi connectivity index (χ4n) is 2.92. The van der Waals surface area contributed by atoms with Gasteiger partial charge in [0.05, 0.1) is 5.56 Å². The molecule has 0 aliphatic carbocycles. The lowest BCUT2D eigenvalue weighted by Crippen LogP contribution is -2.48. The summed E-state index contributed by atoms with van der Waals surface area (Å²) in [4.78, 5) is 16.1. The number of halogens is 3. The first-order valence-electron chi connectivity index (χ1n) is 8.07. The van der Waals surface area contributed by atoms with Crippen LogP contribution in [0.2, 0.25) is 0 Å². The standard InChI is InChI=1S/C18H19F3N2O2/c1-13-5-6-16(25-13)17(24)23-9-7-22(8-10-23)12-14-3-2-4-15(11-14)18(19,20)21/h2-6,11H,7-10,12H2,1H3. The summed E-state index contributed by atoms with van der Waals surface area (Å²) in [5.41, 5.74) is -0.0109. The molecule has 0 saturated carbocycles. The number of furan rings is 1. The maximum Gasteiger partial charge on any atom is 0.416 e. The van der Waals surface area contributed by atoms with Crippen LogP contribution in [0.3, 0.4) is 0 Å². The van der Waals surface area contributed by atoms with Crippen molar-refractivity contribution in [1.82, 2.24) is 9.80 Å². The van der Waals surface area contributed by atoms with Gasteiger partial charge in [0.2, 0.25) is 0 Å². The third kappa shape index (κ3) is 4.22. The Labute approximate surface area is 143 Å². The molecule has 2 heterocycles. The van der Waals surface area contributed by atoms with E-state index in [0.29, 0.717) is 49.8 Å². The molecule has 0 bridgehead atoms. The fourth-order valence-corrected chi connectivity index (χ4v) is 2.92. The van der Waals surface area contributed by atoms with E-state index in [4.69, 9.17) is 4.42 Å². The van der Waals surface area contributed by atoms with E-state index in [1.807, 2.05) is 4.90 Å². The molecule has 7 heteroatoms. The summed E-state index contributed by atoms with van der Waals surface area (Å²) in [6.45, 7) is 4.49. The number of carbonyl (C=O) groups is 1. The van der Waals surface area contributed by atoms with E-state index < -0.39 is 11.7 Å². The van der Waals surface area contributed by atoms with Gasteiger partial charge in [0.15, 0.2) is 5.76 Å². The number of amides is 1. The summed E-state index contributed by atoms with van der Waals surface area (Å²) in [5.74, 6) is 0.863. The van der Waals surface area contributed by atoms with Gasteiger partial charge in [0.1, 0.15) is 5.76 Å². The summed E-state index contributed by atoms with van der Waals surface area (Å²) in [5, 5.41) is 0. The van der Waals surface area contributed by atoms with Crippen LogP contribution in [-0.4, -0.2) is 41.9 Å². The van der Waals surface area contributed by atoms with Crippen molar-refractivity contribution in [2.24, 2.45) is 0 Å². The molecule has 0 unspecified atom stereocenters. The van der Waals surface area contributed by atoms with Crippen molar-refractivity contribution < 1.29 is 22.4 Å². The molecule has 0 atom stereocenters. The van der Waals surface area contributed by atoms with Crippen molar-refractivity contribution in [3.8, 4) is 0 Å². The van der Waals surface area contributed by atoms with Crippen molar-refractivity contribution in [3.05, 3.63) is 59.0 Å². The summed E-state index contributed by atoms with van der Waals surface area (Å²) in [6, 6.07) is 8.79. The highest BCUT2D eigenvalue weighted by molar-refractivity contribution is 5.91. The SMILES string of the molecule is Cc1ccc(C(=O)N2CCN(Cc3cccc(C(F)(F)F)c3)CC2)o1. The summed E-state index contributed by atoms with van der Waals surface area (Å²) in [7, 11) is 0. The molecule has 0 spiro atoms. The van der Waals surface area contributed by atoms with E-state index in [9.17, 15) is 18.0 Å². The third-order valence-electron chi connectivity index (χ3n) is 4.27. The number of hydrogen-bond acceptors (Lipinski definition) is 3. The number of aryl methyl sites for hydroxylation is 1. The highest BCUT2D eigenvalue weighted by Gasteiger charge is 2.30. The number of benzene rings is 1. The summed E-state index contributed by atoms with van der Waals surface area (Å²) >= 11 is 0. The van der Waals surface area contributed by atoms with Crippen molar-refractivity contribution in [2.45, 2.75) is 19.6 Å². The predicted molar refractivity (Wildman–Crippen MR) is 86.1 cm³/mol. The minimum atomic E-state index is -4.33. The Morgan fingerprint density at radius 1 is 1.12 bits per heavy atom. The van der Waals surface area contributed by atoms with Gasteiger partial charge in [0, 0.05) is 32.7 Å². The molecule has 1 aliphatic heterocycles. The van der Waals surface area contributed by atoms with E-state index in [1.54, 1.807) is 30.0 Å². The summed E-state index contributed by atoms with van der Waals surface area (Å²) in [6.07, 6.45) is -4.33. The Morgan fingerprint density at radius 2 is 1.84 bits per heavy atom. The predicted octanol–water partition coefficient (Wildman–Crippen LogP) is 3.56. The first-order valence-corrected chi connectivity index (χ1v) is 8.07. The molecular weight excluding hydrogens is 333 g/mol. The Hall–Kier alpha value is -2.28. The van der Waals surface area contributed by atoms with E-state index in [2.05, 4.69) is 0 Å². The van der Waals surface area contributed by atoms with Crippen LogP contribution < -0.4 is 0 Å². The Morgan fingerprint density at radius 3 is 2.44 bits per heavy atom. The quantitative estimate of drug-likeness (QED) is 0.847. The van der Waals surface area contributed by atoms with E-state index in [1.165, 1.54) is 12.1 Å². The number of hydrogen-bond donors (Lipinski definition) is 0. The maximum absolute atomic E-state index is 12.8. The average molecular weight is 352 g/mol. The molecule has 2 aromatic rings. The topological polar surface area (TPSA) is 36.7 Å². The zero-order valence-corrected chi connectivity index (χ0v) is 13.8. The lowest BCUT2D eigenvalue weighted by atomic mass is 10.1. The second kappa shape index (κ2) is 6.92. The first kappa shape index (κ1) is 17.5. The van der Waals surface area contributed by atoms with Crippen molar-refractivity contribution in [1.29, 1.82) is 0 Å². The van der Waals surface area contributed by atoms with Crippen LogP contribution in [0.4, 0.5) is 13.2 Å². The lowest BCUT2D eigenvalue weighted by Gasteiger charge is -2.34. The molecule has 1 aromatic carbocycles. The average Bonchev–Trinajstić information content (AvgIpc) is 3.01. The van der Waals surface area contributed by atoms with Gasteiger partial charge in [-0.05, 0) is 30.7 Å². The summed E-state index contributed by atoms with van der Waals surface area (Å²) < 4.78 is 43.7. The molecule has 134 valence electrons. The zero-order valence-electron chi connectivity index (χ0n) is 13.8. The first-order chi connectivity index (χ1) is 11.8. The number of nitrogens with zero attached hydrogens (tertiary/aromatic N) is 2. The van der Waals surface area contributed by atoms with Gasteiger partial charge in [-0.2, -0.15) is 13.2 Å². The van der Waals surface area contributed by atoms with Gasteiger partial charge < -0.3 is 9.32 Å². The maximum atomic E-state index is 12.8. The van der Waals surface area contributed by atoms with Crippen LogP contribution in [0, 0.1) is 6.92 Å². The smallest absolute Gasteiger partial charge is 0.416 e. The van der Waals surface area contributed by atoms with Crippen molar-refractivity contribution in [3.63, 3.8) is 0 Å². The Balaban J connectivity index is 1.57. The third-order valence-corrected chi connectivity index (χ3v) is 4.27. The largest absolute Gasteiger partial charge is 0.456 e. The molecule has 1 aliphatic rings. The van der Waals surface area contributed by atoms with Gasteiger partial charge >= 0.3 is 6.18 Å². The lowest BCUT2D eigenvalue weighted by molar-refractivity contribution is -0.137. The van der Waals surface area contributed by atoms with Gasteiger partial charge in [-0.3, -0.25) is 9.69 Å². The normalized spacial score (nSPS) is 16.2. The van der Waals surface area contributed by atoms with Crippen LogP contribution in [-0.2, 0) is 12.7 Å². The van der Waals surface area contributed by atoms with Gasteiger partial charge in [-0.25, -0.2) is 0 Å². The number of rotatable bonds is 3. The number of alkyl halides is 3. The van der Waals surface area contributed by atoms with Gasteiger partial charge in [-0.15, -0.1) is 0 Å². The molecule has 4 nitrogen and oxygen atoms in total. The molecule has 1 amide bonds. The van der Waals surface area contributed by atoms with Crippen LogP contribution in [0.15, 0.2) is 40.8 Å². The molecule has 1 saturated heterocycles. The van der Waals surface area contributed by atoms with Crippen LogP contribution in [0.1, 0.15) is 27.4 Å². The van der Waals surface area contributed by atoms with E-state index >= 15 is 0 Å². The minimum Gasteiger partial charge on any atom is -0.456 e. The molecule has 3 rings (SSSR count). The monoisotopic (exact) mass is 352 g/mol. The highest BCUT2D eigenvalue weighted by atomic mass is 19.4. The highest BCUT2D eigenvalue weighted by Crippen LogP contribution is 2.29. The van der Waals surface area contributed by atoms with Crippen LogP contribution >= 0.6 is 0 Å². The molecule has 1 aromatic heterocycles. The second-order valence-corrected chi connectivity index (χ2v) is 6.18. The molecule has 25 heavy (non-hydrogen) atoms. The Bertz CT molecular complexity index is 747. The molecular formula is C18H19F3N2O2. The Kier molecular flexibility index (Phi) is 4.85. The van der Waals surface area contributed by atoms with Crippen molar-refractivity contribution in [2.75, 3.05) is 26.2 Å². The zero-order chi connectivity index (χ0) is 18.0. The number of carbonyl (C=O) groups excluding carboxylic acids is 1. The van der Waals surface area contributed by atoms with Crippen LogP contribution in [0.25, 0.3) is 0 Å². The number of piperazine rings is 1. The second-order valence-electron chi connectivity index (χ2n) is 6.18. The van der Waals surface area contributed by atoms with E-state index in [0.717, 1.165) is 6.07 Å². The fraction of sp³-hybridized carbons (Fsp3) is 0.389.